The largest absolute Gasteiger partial charge is 0.486 e. The third-order valence-corrected chi connectivity index (χ3v) is 4.08. The highest BCUT2D eigenvalue weighted by atomic mass is 35.5. The Morgan fingerprint density at radius 1 is 1.11 bits per heavy atom. The summed E-state index contributed by atoms with van der Waals surface area (Å²) in [5.74, 6) is -1.46. The molecule has 27 heavy (non-hydrogen) atoms. The number of hydrogen-bond acceptors (Lipinski definition) is 5. The molecular weight excluding hydrogens is 379 g/mol. The molecule has 0 saturated heterocycles. The molecule has 0 fully saturated rings. The van der Waals surface area contributed by atoms with E-state index in [4.69, 9.17) is 21.1 Å². The Balaban J connectivity index is 1.54. The normalized spacial score (nSPS) is 13.6. The Morgan fingerprint density at radius 3 is 2.59 bits per heavy atom. The Kier molecular flexibility index (Phi) is 5.78. The van der Waals surface area contributed by atoms with Crippen molar-refractivity contribution in [3.05, 3.63) is 52.8 Å². The quantitative estimate of drug-likeness (QED) is 0.689. The topological polar surface area (TPSA) is 96.9 Å². The van der Waals surface area contributed by atoms with Gasteiger partial charge in [0, 0.05) is 12.2 Å². The standard InChI is InChI=1S/C18H16ClFN2O5/c19-12-8-11(2-3-13(12)20)22-18(25)17(24)21-9-14(23)10-1-4-15-16(7-10)27-6-5-26-15/h1-4,7-8,14,23H,5-6,9H2,(H,21,24)(H,22,25). The molecule has 0 saturated carbocycles. The van der Waals surface area contributed by atoms with Gasteiger partial charge in [-0.05, 0) is 35.9 Å². The number of carbonyl (C=O) groups excluding carboxylic acids is 2. The summed E-state index contributed by atoms with van der Waals surface area (Å²) in [4.78, 5) is 23.8. The zero-order chi connectivity index (χ0) is 19.4. The number of ether oxygens (including phenoxy) is 2. The van der Waals surface area contributed by atoms with Gasteiger partial charge in [0.1, 0.15) is 19.0 Å². The molecule has 0 spiro atoms. The van der Waals surface area contributed by atoms with Crippen LogP contribution in [0.4, 0.5) is 10.1 Å². The van der Waals surface area contributed by atoms with E-state index in [1.54, 1.807) is 18.2 Å². The van der Waals surface area contributed by atoms with Crippen molar-refractivity contribution in [1.82, 2.24) is 5.32 Å². The third-order valence-electron chi connectivity index (χ3n) is 3.79. The minimum absolute atomic E-state index is 0.175. The number of aliphatic hydroxyl groups excluding tert-OH is 1. The molecule has 3 rings (SSSR count). The number of nitrogens with one attached hydrogen (secondary N) is 2. The van der Waals surface area contributed by atoms with Crippen LogP contribution in [0.5, 0.6) is 11.5 Å². The first-order chi connectivity index (χ1) is 12.9. The highest BCUT2D eigenvalue weighted by Crippen LogP contribution is 2.32. The van der Waals surface area contributed by atoms with E-state index in [1.165, 1.54) is 12.1 Å². The number of halogens is 2. The summed E-state index contributed by atoms with van der Waals surface area (Å²) < 4.78 is 23.9. The van der Waals surface area contributed by atoms with Crippen LogP contribution in [0.2, 0.25) is 5.02 Å². The lowest BCUT2D eigenvalue weighted by molar-refractivity contribution is -0.136. The molecule has 3 N–H and O–H groups in total. The molecule has 7 nitrogen and oxygen atoms in total. The first-order valence-corrected chi connectivity index (χ1v) is 8.43. The van der Waals surface area contributed by atoms with Crippen LogP contribution in [0.3, 0.4) is 0 Å². The zero-order valence-corrected chi connectivity index (χ0v) is 14.8. The lowest BCUT2D eigenvalue weighted by Crippen LogP contribution is -2.37. The van der Waals surface area contributed by atoms with E-state index in [0.29, 0.717) is 30.3 Å². The van der Waals surface area contributed by atoms with Crippen LogP contribution in [0.25, 0.3) is 0 Å². The van der Waals surface area contributed by atoms with Crippen LogP contribution in [0.15, 0.2) is 36.4 Å². The van der Waals surface area contributed by atoms with Gasteiger partial charge < -0.3 is 25.2 Å². The number of amides is 2. The molecule has 1 atom stereocenters. The number of hydrogen-bond donors (Lipinski definition) is 3. The summed E-state index contributed by atoms with van der Waals surface area (Å²) in [6, 6.07) is 8.46. The van der Waals surface area contributed by atoms with Gasteiger partial charge in [-0.15, -0.1) is 0 Å². The van der Waals surface area contributed by atoms with Gasteiger partial charge in [-0.3, -0.25) is 9.59 Å². The molecule has 0 aromatic heterocycles. The average molecular weight is 395 g/mol. The summed E-state index contributed by atoms with van der Waals surface area (Å²) in [6.45, 7) is 0.687. The molecule has 1 heterocycles. The van der Waals surface area contributed by atoms with Crippen LogP contribution >= 0.6 is 11.6 Å². The van der Waals surface area contributed by atoms with Gasteiger partial charge in [0.15, 0.2) is 11.5 Å². The van der Waals surface area contributed by atoms with Gasteiger partial charge in [0.2, 0.25) is 0 Å². The van der Waals surface area contributed by atoms with E-state index in [-0.39, 0.29) is 17.3 Å². The third kappa shape index (κ3) is 4.66. The van der Waals surface area contributed by atoms with E-state index >= 15 is 0 Å². The molecule has 2 aromatic carbocycles. The maximum Gasteiger partial charge on any atom is 0.313 e. The fourth-order valence-electron chi connectivity index (χ4n) is 2.42. The van der Waals surface area contributed by atoms with Crippen molar-refractivity contribution >= 4 is 29.1 Å². The Morgan fingerprint density at radius 2 is 1.85 bits per heavy atom. The summed E-state index contributed by atoms with van der Waals surface area (Å²) in [7, 11) is 0. The number of benzene rings is 2. The summed E-state index contributed by atoms with van der Waals surface area (Å²) in [5, 5.41) is 14.6. The van der Waals surface area contributed by atoms with Crippen LogP contribution < -0.4 is 20.1 Å². The second-order valence-corrected chi connectivity index (χ2v) is 6.12. The lowest BCUT2D eigenvalue weighted by atomic mass is 10.1. The molecular formula is C18H16ClFN2O5. The van der Waals surface area contributed by atoms with Crippen molar-refractivity contribution in [2.24, 2.45) is 0 Å². The highest BCUT2D eigenvalue weighted by molar-refractivity contribution is 6.39. The van der Waals surface area contributed by atoms with E-state index in [1.807, 2.05) is 0 Å². The first kappa shape index (κ1) is 18.9. The minimum atomic E-state index is -1.04. The van der Waals surface area contributed by atoms with Crippen LogP contribution in [-0.4, -0.2) is 36.7 Å². The van der Waals surface area contributed by atoms with Gasteiger partial charge in [0.25, 0.3) is 0 Å². The van der Waals surface area contributed by atoms with Crippen LogP contribution in [-0.2, 0) is 9.59 Å². The van der Waals surface area contributed by atoms with Gasteiger partial charge in [0.05, 0.1) is 11.1 Å². The molecule has 9 heteroatoms. The van der Waals surface area contributed by atoms with Crippen molar-refractivity contribution in [3.8, 4) is 11.5 Å². The Labute approximate surface area is 159 Å². The smallest absolute Gasteiger partial charge is 0.313 e. The van der Waals surface area contributed by atoms with Crippen LogP contribution in [0.1, 0.15) is 11.7 Å². The fourth-order valence-corrected chi connectivity index (χ4v) is 2.60. The molecule has 142 valence electrons. The predicted octanol–water partition coefficient (Wildman–Crippen LogP) is 2.04. The molecule has 0 radical (unpaired) electrons. The summed E-state index contributed by atoms with van der Waals surface area (Å²) >= 11 is 5.62. The predicted molar refractivity (Wildman–Crippen MR) is 95.4 cm³/mol. The number of aliphatic hydroxyl groups is 1. The number of carbonyl (C=O) groups is 2. The van der Waals surface area contributed by atoms with Crippen molar-refractivity contribution in [2.45, 2.75) is 6.10 Å². The summed E-state index contributed by atoms with van der Waals surface area (Å²) in [5.41, 5.74) is 0.680. The molecule has 2 amide bonds. The van der Waals surface area contributed by atoms with E-state index in [0.717, 1.165) is 6.07 Å². The first-order valence-electron chi connectivity index (χ1n) is 8.06. The maximum atomic E-state index is 13.1. The second-order valence-electron chi connectivity index (χ2n) is 5.71. The van der Waals surface area contributed by atoms with Crippen molar-refractivity contribution in [1.29, 1.82) is 0 Å². The number of anilines is 1. The van der Waals surface area contributed by atoms with E-state index in [2.05, 4.69) is 10.6 Å². The molecule has 0 aliphatic carbocycles. The highest BCUT2D eigenvalue weighted by Gasteiger charge is 2.19. The Hall–Kier alpha value is -2.84. The molecule has 1 aliphatic heterocycles. The lowest BCUT2D eigenvalue weighted by Gasteiger charge is -2.20. The van der Waals surface area contributed by atoms with Gasteiger partial charge in [-0.1, -0.05) is 17.7 Å². The molecule has 1 aliphatic rings. The Bertz CT molecular complexity index is 877. The van der Waals surface area contributed by atoms with Crippen molar-refractivity contribution < 1.29 is 28.6 Å². The molecule has 2 aromatic rings. The van der Waals surface area contributed by atoms with Gasteiger partial charge >= 0.3 is 11.8 Å². The molecule has 0 bridgehead atoms. The molecule has 1 unspecified atom stereocenters. The van der Waals surface area contributed by atoms with Crippen molar-refractivity contribution in [2.75, 3.05) is 25.1 Å². The number of fused-ring (bicyclic) bond motifs is 1. The van der Waals surface area contributed by atoms with Crippen molar-refractivity contribution in [3.63, 3.8) is 0 Å². The average Bonchev–Trinajstić information content (AvgIpc) is 2.68. The minimum Gasteiger partial charge on any atom is -0.486 e. The van der Waals surface area contributed by atoms with E-state index in [9.17, 15) is 19.1 Å². The SMILES string of the molecule is O=C(NCC(O)c1ccc2c(c1)OCCO2)C(=O)Nc1ccc(F)c(Cl)c1. The van der Waals surface area contributed by atoms with E-state index < -0.39 is 23.7 Å². The van der Waals surface area contributed by atoms with Gasteiger partial charge in [-0.25, -0.2) is 4.39 Å². The maximum absolute atomic E-state index is 13.1. The van der Waals surface area contributed by atoms with Crippen LogP contribution in [0, 0.1) is 5.82 Å². The fraction of sp³-hybridized carbons (Fsp3) is 0.222. The number of rotatable bonds is 4. The monoisotopic (exact) mass is 394 g/mol. The summed E-state index contributed by atoms with van der Waals surface area (Å²) in [6.07, 6.45) is -1.04. The second kappa shape index (κ2) is 8.24. The van der Waals surface area contributed by atoms with Gasteiger partial charge in [-0.2, -0.15) is 0 Å². The zero-order valence-electron chi connectivity index (χ0n) is 14.0.